The molecule has 2 amide bonds. The number of carbonyl (C=O) groups is 3. The average Bonchev–Trinajstić information content (AvgIpc) is 3.29. The van der Waals surface area contributed by atoms with E-state index in [0.29, 0.717) is 21.8 Å². The predicted octanol–water partition coefficient (Wildman–Crippen LogP) is 4.91. The second kappa shape index (κ2) is 10.1. The normalized spacial score (nSPS) is 11.4. The summed E-state index contributed by atoms with van der Waals surface area (Å²) in [6.45, 7) is 1.78. The number of carbonyl (C=O) groups excluding carboxylic acids is 3. The van der Waals surface area contributed by atoms with Gasteiger partial charge in [-0.15, -0.1) is 23.1 Å². The van der Waals surface area contributed by atoms with E-state index in [1.165, 1.54) is 30.2 Å². The number of ether oxygens (including phenoxy) is 1. The van der Waals surface area contributed by atoms with Gasteiger partial charge in [-0.3, -0.25) is 9.59 Å². The van der Waals surface area contributed by atoms with E-state index in [9.17, 15) is 14.4 Å². The number of rotatable bonds is 7. The first-order valence-electron chi connectivity index (χ1n) is 9.07. The van der Waals surface area contributed by atoms with Crippen molar-refractivity contribution in [3.05, 3.63) is 76.5 Å². The first-order chi connectivity index (χ1) is 14.5. The highest BCUT2D eigenvalue weighted by Gasteiger charge is 2.18. The van der Waals surface area contributed by atoms with Crippen LogP contribution in [-0.4, -0.2) is 30.1 Å². The molecular formula is C22H20N2O4S2. The van der Waals surface area contributed by atoms with Crippen molar-refractivity contribution >= 4 is 52.3 Å². The van der Waals surface area contributed by atoms with Crippen LogP contribution in [-0.2, 0) is 9.53 Å². The number of esters is 1. The number of para-hydroxylation sites is 1. The Balaban J connectivity index is 1.65. The van der Waals surface area contributed by atoms with E-state index in [-0.39, 0.29) is 11.8 Å². The van der Waals surface area contributed by atoms with Crippen molar-refractivity contribution in [3.63, 3.8) is 0 Å². The van der Waals surface area contributed by atoms with Crippen molar-refractivity contribution in [1.82, 2.24) is 0 Å². The molecule has 6 nitrogen and oxygen atoms in total. The van der Waals surface area contributed by atoms with Crippen LogP contribution in [0.25, 0.3) is 0 Å². The number of nitrogens with one attached hydrogen (secondary N) is 2. The van der Waals surface area contributed by atoms with Gasteiger partial charge in [0, 0.05) is 10.6 Å². The first kappa shape index (κ1) is 21.6. The minimum absolute atomic E-state index is 0.169. The van der Waals surface area contributed by atoms with Crippen LogP contribution in [0.2, 0.25) is 0 Å². The molecule has 30 heavy (non-hydrogen) atoms. The largest absolute Gasteiger partial charge is 0.465 e. The number of anilines is 2. The van der Waals surface area contributed by atoms with Gasteiger partial charge < -0.3 is 15.4 Å². The number of hydrogen-bond donors (Lipinski definition) is 2. The van der Waals surface area contributed by atoms with Gasteiger partial charge >= 0.3 is 5.97 Å². The molecule has 3 aromatic rings. The number of thiophene rings is 1. The van der Waals surface area contributed by atoms with Gasteiger partial charge in [-0.2, -0.15) is 0 Å². The number of amides is 2. The summed E-state index contributed by atoms with van der Waals surface area (Å²) in [6.07, 6.45) is 0. The second-order valence-corrected chi connectivity index (χ2v) is 8.61. The Hall–Kier alpha value is -3.10. The van der Waals surface area contributed by atoms with E-state index in [2.05, 4.69) is 10.6 Å². The quantitative estimate of drug-likeness (QED) is 0.403. The van der Waals surface area contributed by atoms with Crippen LogP contribution in [0.4, 0.5) is 11.4 Å². The number of benzene rings is 2. The zero-order valence-electron chi connectivity index (χ0n) is 16.4. The smallest absolute Gasteiger partial charge is 0.339 e. The van der Waals surface area contributed by atoms with E-state index in [4.69, 9.17) is 4.74 Å². The molecule has 2 aromatic carbocycles. The maximum atomic E-state index is 12.6. The average molecular weight is 441 g/mol. The zero-order valence-corrected chi connectivity index (χ0v) is 18.0. The van der Waals surface area contributed by atoms with Gasteiger partial charge in [-0.1, -0.05) is 24.3 Å². The third-order valence-corrected chi connectivity index (χ3v) is 6.07. The summed E-state index contributed by atoms with van der Waals surface area (Å²) in [7, 11) is 1.30. The lowest BCUT2D eigenvalue weighted by atomic mass is 10.2. The maximum Gasteiger partial charge on any atom is 0.339 e. The van der Waals surface area contributed by atoms with Crippen molar-refractivity contribution in [3.8, 4) is 0 Å². The Morgan fingerprint density at radius 2 is 1.80 bits per heavy atom. The van der Waals surface area contributed by atoms with E-state index >= 15 is 0 Å². The molecule has 0 aliphatic carbocycles. The van der Waals surface area contributed by atoms with Crippen LogP contribution < -0.4 is 10.6 Å². The molecule has 1 aromatic heterocycles. The molecule has 8 heteroatoms. The Labute approximate surface area is 182 Å². The van der Waals surface area contributed by atoms with Crippen LogP contribution in [0.3, 0.4) is 0 Å². The van der Waals surface area contributed by atoms with E-state index < -0.39 is 11.2 Å². The molecule has 0 saturated heterocycles. The fraction of sp³-hybridized carbons (Fsp3) is 0.136. The van der Waals surface area contributed by atoms with Gasteiger partial charge in [0.2, 0.25) is 5.91 Å². The van der Waals surface area contributed by atoms with Gasteiger partial charge in [0.05, 0.1) is 28.5 Å². The van der Waals surface area contributed by atoms with Crippen LogP contribution >= 0.6 is 23.1 Å². The van der Waals surface area contributed by atoms with Crippen molar-refractivity contribution in [2.75, 3.05) is 17.7 Å². The molecule has 0 saturated carbocycles. The Morgan fingerprint density at radius 3 is 2.53 bits per heavy atom. The lowest BCUT2D eigenvalue weighted by Crippen LogP contribution is -2.23. The topological polar surface area (TPSA) is 84.5 Å². The van der Waals surface area contributed by atoms with E-state index in [1.807, 2.05) is 29.6 Å². The fourth-order valence-electron chi connectivity index (χ4n) is 2.62. The van der Waals surface area contributed by atoms with E-state index in [0.717, 1.165) is 4.90 Å². The molecule has 2 N–H and O–H groups in total. The summed E-state index contributed by atoms with van der Waals surface area (Å²) < 4.78 is 4.76. The van der Waals surface area contributed by atoms with Crippen molar-refractivity contribution < 1.29 is 19.1 Å². The fourth-order valence-corrected chi connectivity index (χ4v) is 4.16. The lowest BCUT2D eigenvalue weighted by molar-refractivity contribution is -0.115. The van der Waals surface area contributed by atoms with Crippen molar-refractivity contribution in [1.29, 1.82) is 0 Å². The summed E-state index contributed by atoms with van der Waals surface area (Å²) in [5.74, 6) is -0.929. The van der Waals surface area contributed by atoms with Crippen LogP contribution in [0.1, 0.15) is 27.0 Å². The summed E-state index contributed by atoms with van der Waals surface area (Å²) in [4.78, 5) is 38.2. The number of methoxy groups -OCH3 is 1. The van der Waals surface area contributed by atoms with Gasteiger partial charge in [0.15, 0.2) is 0 Å². The van der Waals surface area contributed by atoms with Crippen molar-refractivity contribution in [2.24, 2.45) is 0 Å². The minimum atomic E-state index is -0.514. The Bertz CT molecular complexity index is 1050. The molecule has 1 unspecified atom stereocenters. The summed E-state index contributed by atoms with van der Waals surface area (Å²) in [5, 5.41) is 7.06. The second-order valence-electron chi connectivity index (χ2n) is 6.25. The number of thioether (sulfide) groups is 1. The summed E-state index contributed by atoms with van der Waals surface area (Å²) in [6, 6.07) is 17.6. The monoisotopic (exact) mass is 440 g/mol. The molecule has 1 heterocycles. The molecule has 0 bridgehead atoms. The Morgan fingerprint density at radius 1 is 1.00 bits per heavy atom. The molecule has 154 valence electrons. The van der Waals surface area contributed by atoms with Gasteiger partial charge in [0.1, 0.15) is 0 Å². The summed E-state index contributed by atoms with van der Waals surface area (Å²) >= 11 is 2.72. The maximum absolute atomic E-state index is 12.6. The highest BCUT2D eigenvalue weighted by Crippen LogP contribution is 2.27. The van der Waals surface area contributed by atoms with Gasteiger partial charge in [0.25, 0.3) is 5.91 Å². The SMILES string of the molecule is COC(=O)c1ccccc1NC(=O)C(C)Sc1cccc(NC(=O)c2cccs2)c1. The predicted molar refractivity (Wildman–Crippen MR) is 120 cm³/mol. The highest BCUT2D eigenvalue weighted by molar-refractivity contribution is 8.00. The molecule has 1 atom stereocenters. The van der Waals surface area contributed by atoms with Crippen molar-refractivity contribution in [2.45, 2.75) is 17.1 Å². The van der Waals surface area contributed by atoms with Crippen LogP contribution in [0.15, 0.2) is 70.9 Å². The molecular weight excluding hydrogens is 420 g/mol. The number of hydrogen-bond acceptors (Lipinski definition) is 6. The summed E-state index contributed by atoms with van der Waals surface area (Å²) in [5.41, 5.74) is 1.35. The molecule has 0 radical (unpaired) electrons. The minimum Gasteiger partial charge on any atom is -0.465 e. The lowest BCUT2D eigenvalue weighted by Gasteiger charge is -2.14. The Kier molecular flexibility index (Phi) is 7.26. The van der Waals surface area contributed by atoms with Crippen LogP contribution in [0.5, 0.6) is 0 Å². The van der Waals surface area contributed by atoms with Gasteiger partial charge in [-0.05, 0) is 48.7 Å². The van der Waals surface area contributed by atoms with Crippen LogP contribution in [0, 0.1) is 0 Å². The third kappa shape index (κ3) is 5.49. The standard InChI is InChI=1S/C22H20N2O4S2/c1-14(20(25)24-18-10-4-3-9-17(18)22(27)28-2)30-16-8-5-7-15(13-16)23-21(26)19-11-6-12-29-19/h3-14H,1-2H3,(H,23,26)(H,24,25). The van der Waals surface area contributed by atoms with E-state index in [1.54, 1.807) is 43.3 Å². The molecule has 0 aliphatic rings. The highest BCUT2D eigenvalue weighted by atomic mass is 32.2. The zero-order chi connectivity index (χ0) is 21.5. The molecule has 0 fully saturated rings. The third-order valence-electron chi connectivity index (χ3n) is 4.11. The first-order valence-corrected chi connectivity index (χ1v) is 10.8. The molecule has 0 spiro atoms. The molecule has 0 aliphatic heterocycles. The molecule has 3 rings (SSSR count). The van der Waals surface area contributed by atoms with Gasteiger partial charge in [-0.25, -0.2) is 4.79 Å².